The van der Waals surface area contributed by atoms with E-state index in [1.165, 1.54) is 25.0 Å². The van der Waals surface area contributed by atoms with E-state index in [1.807, 2.05) is 13.1 Å². The number of carbonyl (C=O) groups is 1. The van der Waals surface area contributed by atoms with Crippen LogP contribution in [0.2, 0.25) is 0 Å². The van der Waals surface area contributed by atoms with Crippen LogP contribution in [0.5, 0.6) is 0 Å². The molecule has 3 heterocycles. The first-order chi connectivity index (χ1) is 11.1. The predicted molar refractivity (Wildman–Crippen MR) is 88.8 cm³/mol. The van der Waals surface area contributed by atoms with E-state index in [0.29, 0.717) is 5.91 Å². The van der Waals surface area contributed by atoms with Gasteiger partial charge in [0.15, 0.2) is 0 Å². The van der Waals surface area contributed by atoms with Crippen molar-refractivity contribution in [3.63, 3.8) is 0 Å². The standard InChI is InChI=1S/C18H28N4O/c1-14-19-10-16(20(14)2)12-21-9-7-18(13-21)6-3-8-22(17(18)23)11-15-4-5-15/h10,15H,3-9,11-13H2,1-2H3/t18-/m0/s1. The largest absolute Gasteiger partial charge is 0.342 e. The van der Waals surface area contributed by atoms with Gasteiger partial charge in [0.1, 0.15) is 5.82 Å². The molecule has 1 aliphatic carbocycles. The van der Waals surface area contributed by atoms with Crippen LogP contribution in [-0.4, -0.2) is 51.4 Å². The van der Waals surface area contributed by atoms with Crippen LogP contribution in [0.25, 0.3) is 0 Å². The summed E-state index contributed by atoms with van der Waals surface area (Å²) in [6, 6.07) is 0. The maximum atomic E-state index is 13.1. The summed E-state index contributed by atoms with van der Waals surface area (Å²) in [5.41, 5.74) is 1.15. The summed E-state index contributed by atoms with van der Waals surface area (Å²) in [5.74, 6) is 2.29. The van der Waals surface area contributed by atoms with E-state index >= 15 is 0 Å². The van der Waals surface area contributed by atoms with Crippen LogP contribution in [0.1, 0.15) is 43.6 Å². The van der Waals surface area contributed by atoms with Gasteiger partial charge in [0.25, 0.3) is 0 Å². The first-order valence-corrected chi connectivity index (χ1v) is 9.06. The molecule has 1 amide bonds. The van der Waals surface area contributed by atoms with Crippen molar-refractivity contribution in [2.75, 3.05) is 26.2 Å². The molecule has 3 fully saturated rings. The zero-order valence-electron chi connectivity index (χ0n) is 14.4. The van der Waals surface area contributed by atoms with Crippen molar-refractivity contribution in [3.8, 4) is 0 Å². The first kappa shape index (κ1) is 15.2. The molecular weight excluding hydrogens is 288 g/mol. The normalized spacial score (nSPS) is 29.0. The van der Waals surface area contributed by atoms with Crippen molar-refractivity contribution in [2.45, 2.75) is 45.6 Å². The van der Waals surface area contributed by atoms with E-state index in [-0.39, 0.29) is 5.41 Å². The fraction of sp³-hybridized carbons (Fsp3) is 0.778. The van der Waals surface area contributed by atoms with Gasteiger partial charge in [-0.25, -0.2) is 4.98 Å². The predicted octanol–water partition coefficient (Wildman–Crippen LogP) is 1.95. The Hall–Kier alpha value is -1.36. The van der Waals surface area contributed by atoms with Gasteiger partial charge in [-0.15, -0.1) is 0 Å². The fourth-order valence-electron chi connectivity index (χ4n) is 4.34. The van der Waals surface area contributed by atoms with Crippen LogP contribution >= 0.6 is 0 Å². The average Bonchev–Trinajstić information content (AvgIpc) is 3.19. The topological polar surface area (TPSA) is 41.4 Å². The lowest BCUT2D eigenvalue weighted by Crippen LogP contribution is -2.50. The highest BCUT2D eigenvalue weighted by molar-refractivity contribution is 5.84. The lowest BCUT2D eigenvalue weighted by Gasteiger charge is -2.39. The van der Waals surface area contributed by atoms with Crippen LogP contribution in [0.3, 0.4) is 0 Å². The Kier molecular flexibility index (Phi) is 3.71. The van der Waals surface area contributed by atoms with E-state index in [0.717, 1.165) is 57.3 Å². The molecule has 2 aliphatic heterocycles. The van der Waals surface area contributed by atoms with Crippen molar-refractivity contribution < 1.29 is 4.79 Å². The molecule has 5 heteroatoms. The van der Waals surface area contributed by atoms with Gasteiger partial charge in [0.05, 0.1) is 11.1 Å². The summed E-state index contributed by atoms with van der Waals surface area (Å²) in [7, 11) is 2.08. The molecule has 0 unspecified atom stereocenters. The Morgan fingerprint density at radius 2 is 2.13 bits per heavy atom. The number of imidazole rings is 1. The highest BCUT2D eigenvalue weighted by Gasteiger charge is 2.48. The van der Waals surface area contributed by atoms with Crippen LogP contribution in [0.4, 0.5) is 0 Å². The minimum atomic E-state index is -0.0965. The number of aromatic nitrogens is 2. The number of amides is 1. The van der Waals surface area contributed by atoms with Crippen molar-refractivity contribution >= 4 is 5.91 Å². The van der Waals surface area contributed by atoms with Gasteiger partial charge in [0.2, 0.25) is 5.91 Å². The second kappa shape index (κ2) is 5.62. The molecule has 1 spiro atoms. The summed E-state index contributed by atoms with van der Waals surface area (Å²) in [4.78, 5) is 22.1. The summed E-state index contributed by atoms with van der Waals surface area (Å²) in [6.45, 7) is 6.91. The Morgan fingerprint density at radius 3 is 2.83 bits per heavy atom. The number of hydrogen-bond acceptors (Lipinski definition) is 3. The van der Waals surface area contributed by atoms with E-state index < -0.39 is 0 Å². The summed E-state index contributed by atoms with van der Waals surface area (Å²) >= 11 is 0. The number of rotatable bonds is 4. The Labute approximate surface area is 138 Å². The lowest BCUT2D eigenvalue weighted by atomic mass is 9.78. The third-order valence-electron chi connectivity index (χ3n) is 6.13. The van der Waals surface area contributed by atoms with Gasteiger partial charge in [-0.2, -0.15) is 0 Å². The second-order valence-electron chi connectivity index (χ2n) is 7.89. The van der Waals surface area contributed by atoms with Crippen molar-refractivity contribution in [1.82, 2.24) is 19.4 Å². The lowest BCUT2D eigenvalue weighted by molar-refractivity contribution is -0.145. The smallest absolute Gasteiger partial charge is 0.230 e. The molecular formula is C18H28N4O. The van der Waals surface area contributed by atoms with Crippen LogP contribution in [0.15, 0.2) is 6.20 Å². The van der Waals surface area contributed by atoms with E-state index in [4.69, 9.17) is 0 Å². The maximum Gasteiger partial charge on any atom is 0.230 e. The minimum Gasteiger partial charge on any atom is -0.342 e. The van der Waals surface area contributed by atoms with E-state index in [9.17, 15) is 4.79 Å². The molecule has 5 nitrogen and oxygen atoms in total. The Balaban J connectivity index is 1.43. The van der Waals surface area contributed by atoms with Gasteiger partial charge in [-0.05, 0) is 51.5 Å². The minimum absolute atomic E-state index is 0.0965. The summed E-state index contributed by atoms with van der Waals surface area (Å²) in [5, 5.41) is 0. The zero-order chi connectivity index (χ0) is 16.0. The molecule has 126 valence electrons. The molecule has 0 N–H and O–H groups in total. The van der Waals surface area contributed by atoms with Crippen molar-refractivity contribution in [1.29, 1.82) is 0 Å². The third-order valence-corrected chi connectivity index (χ3v) is 6.13. The van der Waals surface area contributed by atoms with E-state index in [2.05, 4.69) is 26.4 Å². The molecule has 1 aromatic rings. The molecule has 1 atom stereocenters. The molecule has 2 saturated heterocycles. The quantitative estimate of drug-likeness (QED) is 0.852. The van der Waals surface area contributed by atoms with Crippen LogP contribution in [0, 0.1) is 18.3 Å². The molecule has 1 saturated carbocycles. The molecule has 3 aliphatic rings. The van der Waals surface area contributed by atoms with Crippen molar-refractivity contribution in [2.24, 2.45) is 18.4 Å². The van der Waals surface area contributed by atoms with Crippen molar-refractivity contribution in [3.05, 3.63) is 17.7 Å². The fourth-order valence-corrected chi connectivity index (χ4v) is 4.34. The third kappa shape index (κ3) is 2.80. The number of carbonyl (C=O) groups excluding carboxylic acids is 1. The van der Waals surface area contributed by atoms with Gasteiger partial charge < -0.3 is 9.47 Å². The summed E-state index contributed by atoms with van der Waals surface area (Å²) in [6.07, 6.45) is 7.91. The molecule has 1 aromatic heterocycles. The Bertz CT molecular complexity index is 606. The maximum absolute atomic E-state index is 13.1. The first-order valence-electron chi connectivity index (χ1n) is 9.06. The second-order valence-corrected chi connectivity index (χ2v) is 7.89. The van der Waals surface area contributed by atoms with Gasteiger partial charge in [-0.3, -0.25) is 9.69 Å². The molecule has 0 bridgehead atoms. The zero-order valence-corrected chi connectivity index (χ0v) is 14.4. The molecule has 4 rings (SSSR count). The average molecular weight is 316 g/mol. The van der Waals surface area contributed by atoms with E-state index in [1.54, 1.807) is 0 Å². The van der Waals surface area contributed by atoms with Gasteiger partial charge >= 0.3 is 0 Å². The number of piperidine rings is 1. The molecule has 0 radical (unpaired) electrons. The number of aryl methyl sites for hydroxylation is 1. The van der Waals surface area contributed by atoms with Gasteiger partial charge in [-0.1, -0.05) is 0 Å². The van der Waals surface area contributed by atoms with Crippen LogP contribution in [-0.2, 0) is 18.4 Å². The highest BCUT2D eigenvalue weighted by atomic mass is 16.2. The summed E-state index contributed by atoms with van der Waals surface area (Å²) < 4.78 is 2.16. The Morgan fingerprint density at radius 1 is 1.30 bits per heavy atom. The number of hydrogen-bond donors (Lipinski definition) is 0. The molecule has 0 aromatic carbocycles. The molecule has 23 heavy (non-hydrogen) atoms. The number of nitrogens with zero attached hydrogens (tertiary/aromatic N) is 4. The monoisotopic (exact) mass is 316 g/mol. The number of likely N-dealkylation sites (tertiary alicyclic amines) is 2. The SMILES string of the molecule is Cc1ncc(CN2CC[C@@]3(CCCN(CC4CC4)C3=O)C2)n1C. The highest BCUT2D eigenvalue weighted by Crippen LogP contribution is 2.42. The van der Waals surface area contributed by atoms with Gasteiger partial charge in [0, 0.05) is 39.4 Å². The van der Waals surface area contributed by atoms with Crippen LogP contribution < -0.4 is 0 Å².